The van der Waals surface area contributed by atoms with Crippen molar-refractivity contribution in [3.63, 3.8) is 0 Å². The third-order valence-electron chi connectivity index (χ3n) is 8.02. The van der Waals surface area contributed by atoms with Gasteiger partial charge in [-0.25, -0.2) is 0 Å². The number of ether oxygens (including phenoxy) is 1. The van der Waals surface area contributed by atoms with E-state index in [0.29, 0.717) is 27.9 Å². The van der Waals surface area contributed by atoms with Crippen molar-refractivity contribution in [3.8, 4) is 5.75 Å². The first kappa shape index (κ1) is 33.1. The molecule has 0 fully saturated rings. The van der Waals surface area contributed by atoms with Crippen LogP contribution in [0.15, 0.2) is 84.9 Å². The van der Waals surface area contributed by atoms with Gasteiger partial charge in [-0.15, -0.1) is 0 Å². The molecule has 47 heavy (non-hydrogen) atoms. The van der Waals surface area contributed by atoms with Gasteiger partial charge in [0.2, 0.25) is 5.91 Å². The third kappa shape index (κ3) is 7.28. The Morgan fingerprint density at radius 1 is 0.915 bits per heavy atom. The number of carbonyl (C=O) groups excluding carboxylic acids is 4. The van der Waals surface area contributed by atoms with Gasteiger partial charge >= 0.3 is 6.18 Å². The van der Waals surface area contributed by atoms with E-state index in [1.54, 1.807) is 68.6 Å². The van der Waals surface area contributed by atoms with Crippen LogP contribution < -0.4 is 25.2 Å². The van der Waals surface area contributed by atoms with E-state index in [0.717, 1.165) is 5.39 Å². The van der Waals surface area contributed by atoms with Gasteiger partial charge in [0.15, 0.2) is 12.4 Å². The van der Waals surface area contributed by atoms with E-state index in [4.69, 9.17) is 4.74 Å². The van der Waals surface area contributed by atoms with Crippen molar-refractivity contribution in [2.75, 3.05) is 30.0 Å². The summed E-state index contributed by atoms with van der Waals surface area (Å²) in [6.45, 7) is 1.02. The normalized spacial score (nSPS) is 15.5. The minimum absolute atomic E-state index is 0.0570. The summed E-state index contributed by atoms with van der Waals surface area (Å²) in [5, 5.41) is 6.88. The molecule has 2 N–H and O–H groups in total. The maximum absolute atomic E-state index is 14.4. The fourth-order valence-corrected chi connectivity index (χ4v) is 5.41. The van der Waals surface area contributed by atoms with Gasteiger partial charge in [-0.05, 0) is 62.0 Å². The van der Waals surface area contributed by atoms with Crippen LogP contribution in [0, 0.1) is 0 Å². The van der Waals surface area contributed by atoms with Gasteiger partial charge in [-0.1, -0.05) is 54.6 Å². The summed E-state index contributed by atoms with van der Waals surface area (Å²) in [6.07, 6.45) is -4.60. The second-order valence-electron chi connectivity index (χ2n) is 11.2. The lowest BCUT2D eigenvalue weighted by Crippen LogP contribution is -2.55. The van der Waals surface area contributed by atoms with E-state index < -0.39 is 42.6 Å². The molecule has 12 heteroatoms. The van der Waals surface area contributed by atoms with E-state index in [1.165, 1.54) is 47.1 Å². The molecule has 0 aromatic heterocycles. The lowest BCUT2D eigenvalue weighted by atomic mass is 10.0. The first-order valence-corrected chi connectivity index (χ1v) is 14.9. The van der Waals surface area contributed by atoms with Gasteiger partial charge in [0.1, 0.15) is 11.8 Å². The predicted molar refractivity (Wildman–Crippen MR) is 172 cm³/mol. The summed E-state index contributed by atoms with van der Waals surface area (Å²) < 4.78 is 45.0. The molecule has 1 aliphatic rings. The molecule has 5 rings (SSSR count). The van der Waals surface area contributed by atoms with Crippen LogP contribution in [-0.2, 0) is 16.1 Å². The highest BCUT2D eigenvalue weighted by Crippen LogP contribution is 2.38. The first-order valence-electron chi connectivity index (χ1n) is 14.9. The van der Waals surface area contributed by atoms with Crippen molar-refractivity contribution >= 4 is 45.7 Å². The number of ketones is 1. The summed E-state index contributed by atoms with van der Waals surface area (Å²) in [5.41, 5.74) is 1.64. The molecular weight excluding hydrogens is 613 g/mol. The maximum atomic E-state index is 14.4. The number of nitrogens with one attached hydrogen (secondary N) is 2. The number of alkyl halides is 3. The summed E-state index contributed by atoms with van der Waals surface area (Å²) in [7, 11) is 1.59. The minimum atomic E-state index is -4.60. The van der Waals surface area contributed by atoms with E-state index in [2.05, 4.69) is 10.6 Å². The van der Waals surface area contributed by atoms with Crippen LogP contribution in [0.5, 0.6) is 5.75 Å². The predicted octanol–water partition coefficient (Wildman–Crippen LogP) is 5.27. The number of para-hydroxylation sites is 2. The van der Waals surface area contributed by atoms with Gasteiger partial charge in [0.25, 0.3) is 11.8 Å². The fourth-order valence-electron chi connectivity index (χ4n) is 5.41. The molecule has 2 atom stereocenters. The van der Waals surface area contributed by atoms with Crippen LogP contribution in [0.2, 0.25) is 0 Å². The van der Waals surface area contributed by atoms with Crippen LogP contribution in [0.3, 0.4) is 0 Å². The van der Waals surface area contributed by atoms with Crippen LogP contribution in [0.25, 0.3) is 10.8 Å². The Morgan fingerprint density at radius 3 is 2.21 bits per heavy atom. The number of hydrogen-bond acceptors (Lipinski definition) is 6. The van der Waals surface area contributed by atoms with Crippen molar-refractivity contribution in [2.45, 2.75) is 38.7 Å². The second-order valence-corrected chi connectivity index (χ2v) is 11.2. The molecule has 244 valence electrons. The van der Waals surface area contributed by atoms with Crippen molar-refractivity contribution in [1.29, 1.82) is 0 Å². The highest BCUT2D eigenvalue weighted by Gasteiger charge is 2.38. The number of halogens is 3. The SMILES string of the molecule is CNC(C)C(=O)NC1CN(C(=O)c2ccc(C(C)=O)cc2)c2ccccc2N(Cc2c(OCC(F)(F)F)ccc3ccccc23)C1=O. The number of likely N-dealkylation sites (N-methyl/N-ethyl adjacent to an activating group) is 1. The molecule has 0 radical (unpaired) electrons. The van der Waals surface area contributed by atoms with Crippen molar-refractivity contribution in [1.82, 2.24) is 10.6 Å². The van der Waals surface area contributed by atoms with Crippen molar-refractivity contribution in [2.24, 2.45) is 0 Å². The molecule has 1 heterocycles. The van der Waals surface area contributed by atoms with Crippen LogP contribution in [0.4, 0.5) is 24.5 Å². The number of nitrogens with zero attached hydrogens (tertiary/aromatic N) is 2. The van der Waals surface area contributed by atoms with Gasteiger partial charge in [-0.2, -0.15) is 13.2 Å². The topological polar surface area (TPSA) is 108 Å². The highest BCUT2D eigenvalue weighted by atomic mass is 19.4. The smallest absolute Gasteiger partial charge is 0.422 e. The van der Waals surface area contributed by atoms with E-state index in [-0.39, 0.29) is 30.2 Å². The second kappa shape index (κ2) is 13.6. The van der Waals surface area contributed by atoms with E-state index in [9.17, 15) is 32.3 Å². The van der Waals surface area contributed by atoms with Crippen LogP contribution in [-0.4, -0.2) is 62.0 Å². The molecule has 0 aliphatic carbocycles. The molecule has 0 saturated heterocycles. The lowest BCUT2D eigenvalue weighted by molar-refractivity contribution is -0.153. The van der Waals surface area contributed by atoms with Gasteiger partial charge < -0.3 is 25.2 Å². The largest absolute Gasteiger partial charge is 0.484 e. The average Bonchev–Trinajstić information content (AvgIpc) is 3.17. The van der Waals surface area contributed by atoms with E-state index in [1.807, 2.05) is 0 Å². The van der Waals surface area contributed by atoms with Crippen LogP contribution in [0.1, 0.15) is 40.1 Å². The molecule has 0 saturated carbocycles. The monoisotopic (exact) mass is 646 g/mol. The third-order valence-corrected chi connectivity index (χ3v) is 8.02. The highest BCUT2D eigenvalue weighted by molar-refractivity contribution is 6.13. The fraction of sp³-hybridized carbons (Fsp3) is 0.257. The number of hydrogen-bond donors (Lipinski definition) is 2. The zero-order chi connectivity index (χ0) is 33.9. The molecule has 0 spiro atoms. The number of benzene rings is 4. The quantitative estimate of drug-likeness (QED) is 0.240. The van der Waals surface area contributed by atoms with Crippen LogP contribution >= 0.6 is 0 Å². The number of amides is 3. The molecule has 3 amide bonds. The lowest BCUT2D eigenvalue weighted by Gasteiger charge is -2.27. The molecular formula is C35H33F3N4O5. The Hall–Kier alpha value is -5.23. The number of carbonyl (C=O) groups is 4. The number of fused-ring (bicyclic) bond motifs is 2. The minimum Gasteiger partial charge on any atom is -0.484 e. The summed E-state index contributed by atoms with van der Waals surface area (Å²) in [5.74, 6) is -1.78. The Kier molecular flexibility index (Phi) is 9.61. The summed E-state index contributed by atoms with van der Waals surface area (Å²) in [4.78, 5) is 56.2. The molecule has 2 unspecified atom stereocenters. The molecule has 0 bridgehead atoms. The molecule has 4 aromatic rings. The zero-order valence-corrected chi connectivity index (χ0v) is 25.9. The summed E-state index contributed by atoms with van der Waals surface area (Å²) >= 11 is 0. The Balaban J connectivity index is 1.64. The summed E-state index contributed by atoms with van der Waals surface area (Å²) in [6, 6.07) is 21.0. The number of anilines is 2. The van der Waals surface area contributed by atoms with E-state index >= 15 is 0 Å². The maximum Gasteiger partial charge on any atom is 0.422 e. The van der Waals surface area contributed by atoms with Gasteiger partial charge in [-0.3, -0.25) is 19.2 Å². The molecule has 1 aliphatic heterocycles. The number of rotatable bonds is 9. The Bertz CT molecular complexity index is 1830. The van der Waals surface area contributed by atoms with Gasteiger partial charge in [0.05, 0.1) is 30.5 Å². The average molecular weight is 647 g/mol. The zero-order valence-electron chi connectivity index (χ0n) is 25.9. The first-order chi connectivity index (χ1) is 22.4. The van der Waals surface area contributed by atoms with Crippen molar-refractivity contribution < 1.29 is 37.1 Å². The Morgan fingerprint density at radius 2 is 1.55 bits per heavy atom. The molecule has 9 nitrogen and oxygen atoms in total. The van der Waals surface area contributed by atoms with Gasteiger partial charge in [0, 0.05) is 16.7 Å². The number of Topliss-reactive ketones (excluding diaryl/α,β-unsaturated/α-hetero) is 1. The Labute approximate surface area is 269 Å². The standard InChI is InChI=1S/C35H33F3N4O5/c1-21(39-3)32(44)40-28-19-42(33(45)25-14-12-23(13-15-25)22(2)43)30-11-7-6-10-29(30)41(34(28)46)18-27-26-9-5-4-8-24(26)16-17-31(27)47-20-35(36,37)38/h4-17,21,28,39H,18-20H2,1-3H3,(H,40,44). The molecule has 4 aromatic carbocycles. The van der Waals surface area contributed by atoms with Crippen molar-refractivity contribution in [3.05, 3.63) is 102 Å².